The third kappa shape index (κ3) is 2.47. The third-order valence-electron chi connectivity index (χ3n) is 4.40. The summed E-state index contributed by atoms with van der Waals surface area (Å²) in [7, 11) is 1.76. The molecular formula is C13H24N2O2. The minimum absolute atomic E-state index is 0.0143. The van der Waals surface area contributed by atoms with Crippen molar-refractivity contribution in [2.45, 2.75) is 57.7 Å². The topological polar surface area (TPSA) is 50.4 Å². The van der Waals surface area contributed by atoms with Crippen molar-refractivity contribution in [2.75, 3.05) is 13.7 Å². The van der Waals surface area contributed by atoms with Gasteiger partial charge in [0.15, 0.2) is 0 Å². The molecule has 3 atom stereocenters. The van der Waals surface area contributed by atoms with Gasteiger partial charge >= 0.3 is 0 Å². The normalized spacial score (nSPS) is 36.9. The van der Waals surface area contributed by atoms with E-state index in [2.05, 4.69) is 24.5 Å². The molecule has 1 saturated heterocycles. The smallest absolute Gasteiger partial charge is 0.237 e. The van der Waals surface area contributed by atoms with Gasteiger partial charge < -0.3 is 15.4 Å². The number of amides is 1. The highest BCUT2D eigenvalue weighted by molar-refractivity contribution is 5.82. The summed E-state index contributed by atoms with van der Waals surface area (Å²) in [6, 6.07) is 0.376. The zero-order chi connectivity index (χ0) is 12.5. The second kappa shape index (κ2) is 4.94. The van der Waals surface area contributed by atoms with Crippen LogP contribution in [0.15, 0.2) is 0 Å². The Bertz CT molecular complexity index is 291. The van der Waals surface area contributed by atoms with Gasteiger partial charge in [-0.05, 0) is 25.7 Å². The van der Waals surface area contributed by atoms with E-state index in [1.54, 1.807) is 7.11 Å². The van der Waals surface area contributed by atoms with Gasteiger partial charge in [0.1, 0.15) is 0 Å². The lowest BCUT2D eigenvalue weighted by molar-refractivity contribution is -0.127. The van der Waals surface area contributed by atoms with Crippen LogP contribution in [0.3, 0.4) is 0 Å². The Balaban J connectivity index is 1.91. The monoisotopic (exact) mass is 240 g/mol. The van der Waals surface area contributed by atoms with Crippen LogP contribution in [0.25, 0.3) is 0 Å². The molecule has 1 saturated carbocycles. The number of methoxy groups -OCH3 is 1. The molecule has 1 heterocycles. The molecule has 2 N–H and O–H groups in total. The van der Waals surface area contributed by atoms with Crippen molar-refractivity contribution in [1.82, 2.24) is 10.6 Å². The maximum atomic E-state index is 11.8. The minimum atomic E-state index is -0.0143. The van der Waals surface area contributed by atoms with Gasteiger partial charge in [-0.25, -0.2) is 0 Å². The Morgan fingerprint density at radius 2 is 2.18 bits per heavy atom. The van der Waals surface area contributed by atoms with E-state index in [4.69, 9.17) is 4.74 Å². The number of rotatable bonds is 3. The predicted octanol–water partition coefficient (Wildman–Crippen LogP) is 1.06. The highest BCUT2D eigenvalue weighted by atomic mass is 16.5. The lowest BCUT2D eigenvalue weighted by atomic mass is 9.64. The molecule has 17 heavy (non-hydrogen) atoms. The van der Waals surface area contributed by atoms with E-state index in [9.17, 15) is 4.79 Å². The second-order valence-corrected chi connectivity index (χ2v) is 5.84. The standard InChI is InChI=1S/C13H24N2O2/c1-13(2)10(8-11(13)17-3)15-9-6-4-5-7-14-12(9)16/h9-11,15H,4-8H2,1-3H3,(H,14,16). The minimum Gasteiger partial charge on any atom is -0.381 e. The van der Waals surface area contributed by atoms with Gasteiger partial charge in [0.25, 0.3) is 0 Å². The fourth-order valence-electron chi connectivity index (χ4n) is 2.91. The van der Waals surface area contributed by atoms with Crippen LogP contribution in [0.4, 0.5) is 0 Å². The van der Waals surface area contributed by atoms with Crippen LogP contribution in [-0.2, 0) is 9.53 Å². The van der Waals surface area contributed by atoms with Gasteiger partial charge in [0.05, 0.1) is 12.1 Å². The summed E-state index contributed by atoms with van der Waals surface area (Å²) in [5, 5.41) is 6.48. The van der Waals surface area contributed by atoms with Gasteiger partial charge in [-0.2, -0.15) is 0 Å². The van der Waals surface area contributed by atoms with E-state index in [1.807, 2.05) is 0 Å². The lowest BCUT2D eigenvalue weighted by Gasteiger charge is -2.52. The van der Waals surface area contributed by atoms with Gasteiger partial charge in [0, 0.05) is 25.1 Å². The van der Waals surface area contributed by atoms with Crippen LogP contribution in [0.5, 0.6) is 0 Å². The van der Waals surface area contributed by atoms with Crippen LogP contribution >= 0.6 is 0 Å². The number of hydrogen-bond acceptors (Lipinski definition) is 3. The van der Waals surface area contributed by atoms with Crippen molar-refractivity contribution < 1.29 is 9.53 Å². The SMILES string of the molecule is COC1CC(NC2CCCCNC2=O)C1(C)C. The molecule has 4 nitrogen and oxygen atoms in total. The summed E-state index contributed by atoms with van der Waals surface area (Å²) in [6.45, 7) is 5.24. The molecule has 0 aromatic carbocycles. The molecule has 98 valence electrons. The van der Waals surface area contributed by atoms with Gasteiger partial charge in [-0.1, -0.05) is 13.8 Å². The van der Waals surface area contributed by atoms with Crippen molar-refractivity contribution in [3.63, 3.8) is 0 Å². The molecule has 1 amide bonds. The molecule has 0 aromatic heterocycles. The lowest BCUT2D eigenvalue weighted by Crippen LogP contribution is -2.64. The molecule has 0 spiro atoms. The van der Waals surface area contributed by atoms with Crippen LogP contribution in [0, 0.1) is 5.41 Å². The zero-order valence-electron chi connectivity index (χ0n) is 11.1. The molecule has 1 aliphatic carbocycles. The van der Waals surface area contributed by atoms with Crippen molar-refractivity contribution >= 4 is 5.91 Å². The third-order valence-corrected chi connectivity index (χ3v) is 4.40. The maximum absolute atomic E-state index is 11.8. The molecular weight excluding hydrogens is 216 g/mol. The Hall–Kier alpha value is -0.610. The Kier molecular flexibility index (Phi) is 3.73. The summed E-state index contributed by atoms with van der Waals surface area (Å²) >= 11 is 0. The molecule has 0 bridgehead atoms. The molecule has 2 fully saturated rings. The van der Waals surface area contributed by atoms with Crippen LogP contribution < -0.4 is 10.6 Å². The van der Waals surface area contributed by atoms with E-state index in [0.29, 0.717) is 12.1 Å². The highest BCUT2D eigenvalue weighted by Crippen LogP contribution is 2.42. The molecule has 1 aliphatic heterocycles. The quantitative estimate of drug-likeness (QED) is 0.775. The van der Waals surface area contributed by atoms with E-state index in [1.165, 1.54) is 0 Å². The Morgan fingerprint density at radius 3 is 2.82 bits per heavy atom. The molecule has 2 aliphatic rings. The van der Waals surface area contributed by atoms with Crippen LogP contribution in [0.2, 0.25) is 0 Å². The van der Waals surface area contributed by atoms with E-state index < -0.39 is 0 Å². The number of ether oxygens (including phenoxy) is 1. The van der Waals surface area contributed by atoms with Crippen molar-refractivity contribution in [2.24, 2.45) is 5.41 Å². The fourth-order valence-corrected chi connectivity index (χ4v) is 2.91. The molecule has 0 aromatic rings. The summed E-state index contributed by atoms with van der Waals surface area (Å²) in [4.78, 5) is 11.8. The molecule has 0 radical (unpaired) electrons. The zero-order valence-corrected chi connectivity index (χ0v) is 11.1. The largest absolute Gasteiger partial charge is 0.381 e. The van der Waals surface area contributed by atoms with Gasteiger partial charge in [-0.3, -0.25) is 4.79 Å². The molecule has 2 rings (SSSR count). The number of carbonyl (C=O) groups excluding carboxylic acids is 1. The first-order chi connectivity index (χ1) is 8.05. The first-order valence-corrected chi connectivity index (χ1v) is 6.62. The van der Waals surface area contributed by atoms with Crippen molar-refractivity contribution in [3.05, 3.63) is 0 Å². The summed E-state index contributed by atoms with van der Waals surface area (Å²) in [5.41, 5.74) is 0.126. The number of carbonyl (C=O) groups is 1. The van der Waals surface area contributed by atoms with Gasteiger partial charge in [-0.15, -0.1) is 0 Å². The average Bonchev–Trinajstić information content (AvgIpc) is 2.49. The van der Waals surface area contributed by atoms with Gasteiger partial charge in [0.2, 0.25) is 5.91 Å². The summed E-state index contributed by atoms with van der Waals surface area (Å²) in [5.74, 6) is 0.166. The Morgan fingerprint density at radius 1 is 1.41 bits per heavy atom. The summed E-state index contributed by atoms with van der Waals surface area (Å²) in [6.07, 6.45) is 4.49. The first-order valence-electron chi connectivity index (χ1n) is 6.62. The maximum Gasteiger partial charge on any atom is 0.237 e. The van der Waals surface area contributed by atoms with E-state index in [-0.39, 0.29) is 17.4 Å². The molecule has 4 heteroatoms. The average molecular weight is 240 g/mol. The number of nitrogens with one attached hydrogen (secondary N) is 2. The predicted molar refractivity (Wildman–Crippen MR) is 66.8 cm³/mol. The summed E-state index contributed by atoms with van der Waals surface area (Å²) < 4.78 is 5.43. The Labute approximate surface area is 103 Å². The van der Waals surface area contributed by atoms with Crippen LogP contribution in [-0.4, -0.2) is 37.7 Å². The van der Waals surface area contributed by atoms with E-state index in [0.717, 1.165) is 32.2 Å². The van der Waals surface area contributed by atoms with E-state index >= 15 is 0 Å². The highest BCUT2D eigenvalue weighted by Gasteiger charge is 2.49. The van der Waals surface area contributed by atoms with Crippen molar-refractivity contribution in [1.29, 1.82) is 0 Å². The molecule has 3 unspecified atom stereocenters. The van der Waals surface area contributed by atoms with Crippen molar-refractivity contribution in [3.8, 4) is 0 Å². The first kappa shape index (κ1) is 12.8. The second-order valence-electron chi connectivity index (χ2n) is 5.84. The fraction of sp³-hybridized carbons (Fsp3) is 0.923. The number of hydrogen-bond donors (Lipinski definition) is 2. The van der Waals surface area contributed by atoms with Crippen LogP contribution in [0.1, 0.15) is 39.5 Å².